The van der Waals surface area contributed by atoms with Gasteiger partial charge in [-0.25, -0.2) is 0 Å². The highest BCUT2D eigenvalue weighted by molar-refractivity contribution is 8.08. The topological polar surface area (TPSA) is 23.8 Å². The van der Waals surface area contributed by atoms with Crippen LogP contribution in [0.2, 0.25) is 0 Å². The van der Waals surface area contributed by atoms with E-state index in [1.165, 1.54) is 15.3 Å². The van der Waals surface area contributed by atoms with Gasteiger partial charge in [0.05, 0.1) is 11.6 Å². The summed E-state index contributed by atoms with van der Waals surface area (Å²) >= 11 is 3.75. The molecule has 0 amide bonds. The van der Waals surface area contributed by atoms with Crippen LogP contribution in [-0.2, 0) is 0 Å². The number of nitrogens with zero attached hydrogens (tertiary/aromatic N) is 1. The van der Waals surface area contributed by atoms with Gasteiger partial charge in [0.25, 0.3) is 0 Å². The van der Waals surface area contributed by atoms with Crippen molar-refractivity contribution in [2.24, 2.45) is 0 Å². The fraction of sp³-hybridized carbons (Fsp3) is 0.133. The number of rotatable bonds is 2. The summed E-state index contributed by atoms with van der Waals surface area (Å²) in [7, 11) is 0. The Labute approximate surface area is 115 Å². The van der Waals surface area contributed by atoms with Crippen molar-refractivity contribution in [3.63, 3.8) is 0 Å². The molecule has 18 heavy (non-hydrogen) atoms. The molecule has 0 N–H and O–H groups in total. The van der Waals surface area contributed by atoms with Gasteiger partial charge in [0, 0.05) is 15.0 Å². The molecule has 2 heterocycles. The molecular weight excluding hydrogens is 258 g/mol. The molecule has 1 atom stereocenters. The lowest BCUT2D eigenvalue weighted by molar-refractivity contribution is 1.02. The van der Waals surface area contributed by atoms with Crippen molar-refractivity contribution in [1.82, 2.24) is 0 Å². The predicted octanol–water partition coefficient (Wildman–Crippen LogP) is 4.84. The Bertz CT molecular complexity index is 603. The number of benzene rings is 1. The lowest BCUT2D eigenvalue weighted by atomic mass is 10.1. The summed E-state index contributed by atoms with van der Waals surface area (Å²) in [5, 5.41) is 11.5. The molecular formula is C15H11NS2. The van der Waals surface area contributed by atoms with Crippen LogP contribution < -0.4 is 0 Å². The Kier molecular flexibility index (Phi) is 3.22. The number of hydrogen-bond acceptors (Lipinski definition) is 3. The van der Waals surface area contributed by atoms with Crippen LogP contribution in [0.3, 0.4) is 0 Å². The highest BCUT2D eigenvalue weighted by atomic mass is 32.2. The first-order valence-electron chi connectivity index (χ1n) is 5.77. The summed E-state index contributed by atoms with van der Waals surface area (Å²) in [5.74, 6) is 0. The van der Waals surface area contributed by atoms with E-state index in [1.807, 2.05) is 47.4 Å². The molecule has 1 unspecified atom stereocenters. The van der Waals surface area contributed by atoms with E-state index in [4.69, 9.17) is 5.26 Å². The number of hydrogen-bond donors (Lipinski definition) is 0. The molecule has 3 rings (SSSR count). The first-order valence-corrected chi connectivity index (χ1v) is 7.53. The molecule has 0 saturated heterocycles. The van der Waals surface area contributed by atoms with Gasteiger partial charge in [-0.15, -0.1) is 23.1 Å². The molecule has 2 aromatic rings. The van der Waals surface area contributed by atoms with Crippen LogP contribution in [0.1, 0.15) is 27.7 Å². The molecule has 0 saturated carbocycles. The third-order valence-corrected chi connectivity index (χ3v) is 5.47. The van der Waals surface area contributed by atoms with Crippen molar-refractivity contribution < 1.29 is 0 Å². The second kappa shape index (κ2) is 5.01. The molecule has 0 bridgehead atoms. The first-order chi connectivity index (χ1) is 8.86. The monoisotopic (exact) mass is 269 g/mol. The summed E-state index contributed by atoms with van der Waals surface area (Å²) in [6, 6.07) is 14.3. The fourth-order valence-electron chi connectivity index (χ4n) is 2.01. The van der Waals surface area contributed by atoms with Crippen molar-refractivity contribution in [2.75, 3.05) is 0 Å². The minimum atomic E-state index is 0.565. The van der Waals surface area contributed by atoms with Gasteiger partial charge < -0.3 is 0 Å². The van der Waals surface area contributed by atoms with Crippen LogP contribution in [0.5, 0.6) is 0 Å². The minimum Gasteiger partial charge on any atom is -0.192 e. The third-order valence-electron chi connectivity index (χ3n) is 2.95. The molecule has 1 aliphatic rings. The highest BCUT2D eigenvalue weighted by Gasteiger charge is 2.21. The minimum absolute atomic E-state index is 0.565. The van der Waals surface area contributed by atoms with Gasteiger partial charge in [-0.05, 0) is 35.6 Å². The van der Waals surface area contributed by atoms with Gasteiger partial charge in [0.15, 0.2) is 0 Å². The Morgan fingerprint density at radius 3 is 2.67 bits per heavy atom. The second-order valence-electron chi connectivity index (χ2n) is 4.12. The van der Waals surface area contributed by atoms with Gasteiger partial charge >= 0.3 is 0 Å². The summed E-state index contributed by atoms with van der Waals surface area (Å²) in [4.78, 5) is 2.78. The predicted molar refractivity (Wildman–Crippen MR) is 78.4 cm³/mol. The molecule has 1 nitrogen and oxygen atoms in total. The third kappa shape index (κ3) is 2.22. The van der Waals surface area contributed by atoms with Crippen molar-refractivity contribution in [3.05, 3.63) is 63.9 Å². The average molecular weight is 269 g/mol. The van der Waals surface area contributed by atoms with Gasteiger partial charge in [-0.1, -0.05) is 24.3 Å². The molecule has 0 aliphatic carbocycles. The van der Waals surface area contributed by atoms with Gasteiger partial charge in [0.1, 0.15) is 0 Å². The van der Waals surface area contributed by atoms with Crippen LogP contribution in [-0.4, -0.2) is 0 Å². The maximum absolute atomic E-state index is 8.79. The van der Waals surface area contributed by atoms with Gasteiger partial charge in [0.2, 0.25) is 0 Å². The Balaban J connectivity index is 1.77. The lowest BCUT2D eigenvalue weighted by Crippen LogP contribution is -1.83. The Morgan fingerprint density at radius 1 is 1.17 bits per heavy atom. The van der Waals surface area contributed by atoms with E-state index < -0.39 is 0 Å². The molecule has 1 aliphatic heterocycles. The second-order valence-corrected chi connectivity index (χ2v) is 6.34. The summed E-state index contributed by atoms with van der Waals surface area (Å²) < 4.78 is 0. The van der Waals surface area contributed by atoms with Crippen LogP contribution in [0.15, 0.2) is 47.9 Å². The zero-order valence-corrected chi connectivity index (χ0v) is 11.3. The van der Waals surface area contributed by atoms with Crippen molar-refractivity contribution in [1.29, 1.82) is 5.26 Å². The van der Waals surface area contributed by atoms with E-state index in [0.29, 0.717) is 5.25 Å². The maximum Gasteiger partial charge on any atom is 0.0991 e. The lowest BCUT2D eigenvalue weighted by Gasteiger charge is -2.07. The van der Waals surface area contributed by atoms with E-state index in [9.17, 15) is 0 Å². The molecule has 1 aromatic heterocycles. The van der Waals surface area contributed by atoms with Crippen LogP contribution >= 0.6 is 23.1 Å². The number of allylic oxidation sites excluding steroid dienone is 1. The maximum atomic E-state index is 8.79. The molecule has 3 heteroatoms. The smallest absolute Gasteiger partial charge is 0.0991 e. The summed E-state index contributed by atoms with van der Waals surface area (Å²) in [6.07, 6.45) is 3.40. The zero-order valence-electron chi connectivity index (χ0n) is 9.67. The molecule has 0 fully saturated rings. The fourth-order valence-corrected chi connectivity index (χ4v) is 4.20. The normalized spacial score (nSPS) is 18.4. The number of nitriles is 1. The van der Waals surface area contributed by atoms with Crippen molar-refractivity contribution in [2.45, 2.75) is 11.7 Å². The van der Waals surface area contributed by atoms with Gasteiger partial charge in [-0.2, -0.15) is 5.26 Å². The van der Waals surface area contributed by atoms with Crippen molar-refractivity contribution in [3.8, 4) is 6.07 Å². The summed E-state index contributed by atoms with van der Waals surface area (Å²) in [6.45, 7) is 0. The molecule has 88 valence electrons. The Morgan fingerprint density at radius 2 is 2.00 bits per heavy atom. The Hall–Kier alpha value is -1.50. The van der Waals surface area contributed by atoms with Crippen LogP contribution in [0, 0.1) is 11.3 Å². The number of thioether (sulfide) groups is 1. The molecule has 1 aromatic carbocycles. The quantitative estimate of drug-likeness (QED) is 0.779. The van der Waals surface area contributed by atoms with Crippen LogP contribution in [0.25, 0.3) is 4.91 Å². The average Bonchev–Trinajstić information content (AvgIpc) is 3.09. The zero-order chi connectivity index (χ0) is 12.4. The van der Waals surface area contributed by atoms with E-state index in [1.54, 1.807) is 0 Å². The van der Waals surface area contributed by atoms with Crippen LogP contribution in [0.4, 0.5) is 0 Å². The van der Waals surface area contributed by atoms with E-state index >= 15 is 0 Å². The molecule has 0 spiro atoms. The van der Waals surface area contributed by atoms with Crippen molar-refractivity contribution >= 4 is 28.0 Å². The number of thiophene rings is 1. The molecule has 0 radical (unpaired) electrons. The van der Waals surface area contributed by atoms with E-state index in [0.717, 1.165) is 12.0 Å². The standard InChI is InChI=1S/C15H11NS2/c16-10-11-3-5-12(6-4-11)13-7-8-15(18-13)14-2-1-9-17-14/h1-7,9,15H,8H2. The van der Waals surface area contributed by atoms with Gasteiger partial charge in [-0.3, -0.25) is 0 Å². The largest absolute Gasteiger partial charge is 0.192 e. The van der Waals surface area contributed by atoms with E-state index in [-0.39, 0.29) is 0 Å². The summed E-state index contributed by atoms with van der Waals surface area (Å²) in [5.41, 5.74) is 1.94. The SMILES string of the molecule is N#Cc1ccc(C2=CCC(c3cccs3)S2)cc1. The first kappa shape index (κ1) is 11.6. The van der Waals surface area contributed by atoms with E-state index in [2.05, 4.69) is 29.7 Å². The highest BCUT2D eigenvalue weighted by Crippen LogP contribution is 2.49.